The van der Waals surface area contributed by atoms with E-state index in [9.17, 15) is 13.2 Å². The molecule has 3 aromatic rings. The molecule has 0 aliphatic carbocycles. The molecule has 0 radical (unpaired) electrons. The minimum Gasteiger partial charge on any atom is -0.497 e. The molecule has 3 rings (SSSR count). The van der Waals surface area contributed by atoms with Crippen molar-refractivity contribution in [3.63, 3.8) is 0 Å². The second-order valence-electron chi connectivity index (χ2n) is 6.87. The van der Waals surface area contributed by atoms with Gasteiger partial charge in [0, 0.05) is 5.02 Å². The molecule has 166 valence electrons. The molecule has 0 aliphatic rings. The highest BCUT2D eigenvalue weighted by atomic mass is 35.5. The Kier molecular flexibility index (Phi) is 7.50. The molecule has 0 unspecified atom stereocenters. The zero-order chi connectivity index (χ0) is 23.1. The number of sulfonamides is 1. The molecular weight excluding hydrogens is 450 g/mol. The lowest BCUT2D eigenvalue weighted by molar-refractivity contribution is -0.119. The Balaban J connectivity index is 1.84. The maximum Gasteiger partial charge on any atom is 0.264 e. The normalized spacial score (nSPS) is 11.3. The van der Waals surface area contributed by atoms with Crippen molar-refractivity contribution in [2.45, 2.75) is 11.8 Å². The van der Waals surface area contributed by atoms with Gasteiger partial charge in [0.05, 0.1) is 23.9 Å². The number of carbonyl (C=O) groups is 1. The quantitative estimate of drug-likeness (QED) is 0.397. The van der Waals surface area contributed by atoms with Gasteiger partial charge in [0.25, 0.3) is 15.9 Å². The van der Waals surface area contributed by atoms with E-state index in [0.717, 1.165) is 9.87 Å². The van der Waals surface area contributed by atoms with Gasteiger partial charge in [0.1, 0.15) is 12.3 Å². The monoisotopic (exact) mass is 471 g/mol. The molecule has 3 aromatic carbocycles. The number of methoxy groups -OCH3 is 1. The molecule has 0 heterocycles. The Labute approximate surface area is 192 Å². The van der Waals surface area contributed by atoms with Crippen LogP contribution >= 0.6 is 11.6 Å². The van der Waals surface area contributed by atoms with Gasteiger partial charge >= 0.3 is 0 Å². The molecule has 0 aromatic heterocycles. The number of amides is 1. The lowest BCUT2D eigenvalue weighted by atomic mass is 10.2. The van der Waals surface area contributed by atoms with E-state index in [4.69, 9.17) is 16.3 Å². The highest BCUT2D eigenvalue weighted by molar-refractivity contribution is 7.92. The van der Waals surface area contributed by atoms with Gasteiger partial charge < -0.3 is 4.74 Å². The number of nitrogens with zero attached hydrogens (tertiary/aromatic N) is 2. The van der Waals surface area contributed by atoms with Crippen molar-refractivity contribution in [1.29, 1.82) is 0 Å². The molecule has 7 nitrogen and oxygen atoms in total. The fourth-order valence-electron chi connectivity index (χ4n) is 2.83. The topological polar surface area (TPSA) is 88.1 Å². The summed E-state index contributed by atoms with van der Waals surface area (Å²) in [6.07, 6.45) is 1.43. The van der Waals surface area contributed by atoms with Gasteiger partial charge in [-0.25, -0.2) is 13.8 Å². The summed E-state index contributed by atoms with van der Waals surface area (Å²) in [5.74, 6) is -0.0354. The second kappa shape index (κ2) is 10.3. The summed E-state index contributed by atoms with van der Waals surface area (Å²) in [6.45, 7) is 1.40. The van der Waals surface area contributed by atoms with Gasteiger partial charge in [-0.2, -0.15) is 5.10 Å². The molecule has 0 fully saturated rings. The summed E-state index contributed by atoms with van der Waals surface area (Å²) >= 11 is 5.93. The Morgan fingerprint density at radius 3 is 2.41 bits per heavy atom. The van der Waals surface area contributed by atoms with Crippen LogP contribution in [-0.4, -0.2) is 34.2 Å². The van der Waals surface area contributed by atoms with Crippen LogP contribution < -0.4 is 14.5 Å². The maximum absolute atomic E-state index is 13.3. The highest BCUT2D eigenvalue weighted by Gasteiger charge is 2.27. The molecule has 0 atom stereocenters. The highest BCUT2D eigenvalue weighted by Crippen LogP contribution is 2.26. The molecule has 0 bridgehead atoms. The van der Waals surface area contributed by atoms with E-state index in [1.807, 2.05) is 6.92 Å². The number of ether oxygens (including phenoxy) is 1. The SMILES string of the molecule is COc1ccc(N(CC(=O)N/N=C/c2cccc(Cl)c2)S(=O)(=O)c2ccc(C)cc2)cc1. The van der Waals surface area contributed by atoms with Crippen molar-refractivity contribution < 1.29 is 17.9 Å². The van der Waals surface area contributed by atoms with Gasteiger partial charge in [-0.1, -0.05) is 41.4 Å². The number of hydrogen-bond donors (Lipinski definition) is 1. The van der Waals surface area contributed by atoms with Crippen molar-refractivity contribution in [3.05, 3.63) is 88.9 Å². The first kappa shape index (κ1) is 23.3. The first-order valence-electron chi connectivity index (χ1n) is 9.60. The Morgan fingerprint density at radius 2 is 1.78 bits per heavy atom. The number of aryl methyl sites for hydroxylation is 1. The Morgan fingerprint density at radius 1 is 1.09 bits per heavy atom. The number of halogens is 1. The van der Waals surface area contributed by atoms with Crippen LogP contribution in [0.4, 0.5) is 5.69 Å². The molecule has 1 amide bonds. The third kappa shape index (κ3) is 5.87. The number of rotatable bonds is 8. The average Bonchev–Trinajstić information content (AvgIpc) is 2.78. The van der Waals surface area contributed by atoms with Crippen LogP contribution in [0.1, 0.15) is 11.1 Å². The van der Waals surface area contributed by atoms with Crippen molar-refractivity contribution in [1.82, 2.24) is 5.43 Å². The van der Waals surface area contributed by atoms with Crippen LogP contribution in [0.2, 0.25) is 5.02 Å². The van der Waals surface area contributed by atoms with Crippen LogP contribution in [0.25, 0.3) is 0 Å². The van der Waals surface area contributed by atoms with Gasteiger partial charge in [-0.05, 0) is 61.0 Å². The second-order valence-corrected chi connectivity index (χ2v) is 9.17. The zero-order valence-electron chi connectivity index (χ0n) is 17.5. The lowest BCUT2D eigenvalue weighted by Gasteiger charge is -2.24. The van der Waals surface area contributed by atoms with E-state index >= 15 is 0 Å². The first-order valence-corrected chi connectivity index (χ1v) is 11.4. The fourth-order valence-corrected chi connectivity index (χ4v) is 4.45. The number of hydrazone groups is 1. The van der Waals surface area contributed by atoms with Gasteiger partial charge in [-0.15, -0.1) is 0 Å². The third-order valence-electron chi connectivity index (χ3n) is 4.51. The summed E-state index contributed by atoms with van der Waals surface area (Å²) in [5.41, 5.74) is 4.30. The van der Waals surface area contributed by atoms with Crippen molar-refractivity contribution >= 4 is 39.4 Å². The maximum atomic E-state index is 13.3. The summed E-state index contributed by atoms with van der Waals surface area (Å²) in [6, 6.07) is 19.8. The van der Waals surface area contributed by atoms with Gasteiger partial charge in [-0.3, -0.25) is 9.10 Å². The first-order chi connectivity index (χ1) is 15.3. The van der Waals surface area contributed by atoms with E-state index in [0.29, 0.717) is 22.0 Å². The van der Waals surface area contributed by atoms with Gasteiger partial charge in [0.2, 0.25) is 0 Å². The summed E-state index contributed by atoms with van der Waals surface area (Å²) < 4.78 is 32.8. The largest absolute Gasteiger partial charge is 0.497 e. The Bertz CT molecular complexity index is 1210. The minimum absolute atomic E-state index is 0.0779. The van der Waals surface area contributed by atoms with Crippen molar-refractivity contribution in [2.24, 2.45) is 5.10 Å². The Hall–Kier alpha value is -3.36. The molecule has 0 saturated heterocycles. The van der Waals surface area contributed by atoms with Crippen molar-refractivity contribution in [2.75, 3.05) is 18.0 Å². The number of carbonyl (C=O) groups excluding carboxylic acids is 1. The molecular formula is C23H22ClN3O4S. The summed E-state index contributed by atoms with van der Waals surface area (Å²) in [5, 5.41) is 4.44. The third-order valence-corrected chi connectivity index (χ3v) is 6.53. The number of benzene rings is 3. The lowest BCUT2D eigenvalue weighted by Crippen LogP contribution is -2.39. The minimum atomic E-state index is -4.01. The van der Waals surface area contributed by atoms with E-state index in [-0.39, 0.29) is 4.90 Å². The molecule has 9 heteroatoms. The predicted octanol–water partition coefficient (Wildman–Crippen LogP) is 4.00. The standard InChI is InChI=1S/C23H22ClN3O4S/c1-17-6-12-22(13-7-17)32(29,30)27(20-8-10-21(31-2)11-9-20)16-23(28)26-25-15-18-4-3-5-19(24)14-18/h3-15H,16H2,1-2H3,(H,26,28)/b25-15+. The predicted molar refractivity (Wildman–Crippen MR) is 126 cm³/mol. The zero-order valence-corrected chi connectivity index (χ0v) is 19.1. The van der Waals surface area contributed by atoms with Crippen LogP contribution in [-0.2, 0) is 14.8 Å². The summed E-state index contributed by atoms with van der Waals surface area (Å²) in [7, 11) is -2.49. The van der Waals surface area contributed by atoms with Crippen LogP contribution in [0.5, 0.6) is 5.75 Å². The van der Waals surface area contributed by atoms with E-state index < -0.39 is 22.5 Å². The molecule has 32 heavy (non-hydrogen) atoms. The molecule has 0 saturated carbocycles. The van der Waals surface area contributed by atoms with Gasteiger partial charge in [0.15, 0.2) is 0 Å². The number of anilines is 1. The van der Waals surface area contributed by atoms with Crippen LogP contribution in [0, 0.1) is 6.92 Å². The smallest absolute Gasteiger partial charge is 0.264 e. The summed E-state index contributed by atoms with van der Waals surface area (Å²) in [4.78, 5) is 12.6. The van der Waals surface area contributed by atoms with E-state index in [2.05, 4.69) is 10.5 Å². The molecule has 1 N–H and O–H groups in total. The van der Waals surface area contributed by atoms with E-state index in [1.165, 1.54) is 25.5 Å². The molecule has 0 spiro atoms. The van der Waals surface area contributed by atoms with E-state index in [1.54, 1.807) is 60.7 Å². The van der Waals surface area contributed by atoms with Crippen LogP contribution in [0.15, 0.2) is 82.8 Å². The fraction of sp³-hybridized carbons (Fsp3) is 0.130. The van der Waals surface area contributed by atoms with Crippen LogP contribution in [0.3, 0.4) is 0 Å². The number of hydrogen-bond acceptors (Lipinski definition) is 5. The average molecular weight is 472 g/mol. The molecule has 0 aliphatic heterocycles. The van der Waals surface area contributed by atoms with Crippen molar-refractivity contribution in [3.8, 4) is 5.75 Å². The number of nitrogens with one attached hydrogen (secondary N) is 1.